The third kappa shape index (κ3) is 10.5. The lowest BCUT2D eigenvalue weighted by Crippen LogP contribution is -2.44. The van der Waals surface area contributed by atoms with E-state index in [2.05, 4.69) is 127 Å². The lowest BCUT2D eigenvalue weighted by molar-refractivity contribution is -0.696. The lowest BCUT2D eigenvalue weighted by Gasteiger charge is -2.37. The van der Waals surface area contributed by atoms with Crippen LogP contribution < -0.4 is 4.57 Å². The molecule has 3 aromatic carbocycles. The summed E-state index contributed by atoms with van der Waals surface area (Å²) in [5.41, 5.74) is 4.14. The summed E-state index contributed by atoms with van der Waals surface area (Å²) in [6, 6.07) is 33.3. The molecule has 0 saturated carbocycles. The highest BCUT2D eigenvalue weighted by atomic mass is 15.1. The Kier molecular flexibility index (Phi) is 14.1. The summed E-state index contributed by atoms with van der Waals surface area (Å²) in [4.78, 5) is 3.75. The second-order valence-electron chi connectivity index (χ2n) is 13.0. The Morgan fingerprint density at radius 2 is 1.09 bits per heavy atom. The number of imidazole rings is 1. The molecule has 2 atom stereocenters. The summed E-state index contributed by atoms with van der Waals surface area (Å²) in [7, 11) is 0. The van der Waals surface area contributed by atoms with Gasteiger partial charge in [0.1, 0.15) is 18.9 Å². The van der Waals surface area contributed by atoms with Crippen molar-refractivity contribution >= 4 is 0 Å². The molecule has 0 fully saturated rings. The molecule has 230 valence electrons. The summed E-state index contributed by atoms with van der Waals surface area (Å²) in [5.74, 6) is 1.73. The van der Waals surface area contributed by atoms with Crippen molar-refractivity contribution < 1.29 is 4.57 Å². The van der Waals surface area contributed by atoms with Gasteiger partial charge in [0.2, 0.25) is 0 Å². The molecule has 1 aromatic heterocycles. The average Bonchev–Trinajstić information content (AvgIpc) is 3.50. The molecule has 0 radical (unpaired) electrons. The van der Waals surface area contributed by atoms with E-state index >= 15 is 0 Å². The number of nitrogens with one attached hydrogen (secondary N) is 1. The number of hydrogen-bond donors (Lipinski definition) is 1. The Balaban J connectivity index is 1.43. The van der Waals surface area contributed by atoms with Crippen LogP contribution in [-0.2, 0) is 18.4 Å². The quantitative estimate of drug-likeness (QED) is 0.0750. The molecular weight excluding hydrogens is 520 g/mol. The van der Waals surface area contributed by atoms with Crippen LogP contribution >= 0.6 is 0 Å². The molecule has 0 aliphatic heterocycles. The number of nitrogens with zero attached hydrogens (tertiary/aromatic N) is 1. The highest BCUT2D eigenvalue weighted by molar-refractivity contribution is 5.32. The van der Waals surface area contributed by atoms with Crippen LogP contribution in [0.5, 0.6) is 0 Å². The molecule has 0 aliphatic carbocycles. The van der Waals surface area contributed by atoms with Gasteiger partial charge in [-0.1, -0.05) is 188 Å². The highest BCUT2D eigenvalue weighted by Gasteiger charge is 2.42. The molecule has 0 saturated heterocycles. The van der Waals surface area contributed by atoms with Crippen molar-refractivity contribution in [2.75, 3.05) is 0 Å². The zero-order valence-corrected chi connectivity index (χ0v) is 27.2. The molecule has 0 spiro atoms. The molecule has 0 aliphatic rings. The van der Waals surface area contributed by atoms with E-state index in [0.29, 0.717) is 5.92 Å². The van der Waals surface area contributed by atoms with Gasteiger partial charge in [-0.3, -0.25) is 0 Å². The van der Waals surface area contributed by atoms with Crippen molar-refractivity contribution in [3.63, 3.8) is 0 Å². The van der Waals surface area contributed by atoms with Crippen LogP contribution in [0.3, 0.4) is 0 Å². The van der Waals surface area contributed by atoms with Gasteiger partial charge in [0.25, 0.3) is 5.82 Å². The van der Waals surface area contributed by atoms with Gasteiger partial charge in [0.15, 0.2) is 0 Å². The first-order valence-electron chi connectivity index (χ1n) is 17.4. The molecule has 1 N–H and O–H groups in total. The smallest absolute Gasteiger partial charge is 0.247 e. The van der Waals surface area contributed by atoms with E-state index in [4.69, 9.17) is 0 Å². The van der Waals surface area contributed by atoms with Crippen LogP contribution in [0.25, 0.3) is 0 Å². The van der Waals surface area contributed by atoms with Gasteiger partial charge in [-0.05, 0) is 29.5 Å². The van der Waals surface area contributed by atoms with Crippen LogP contribution in [0.15, 0.2) is 103 Å². The second-order valence-corrected chi connectivity index (χ2v) is 13.0. The third-order valence-electron chi connectivity index (χ3n) is 9.53. The first-order valence-corrected chi connectivity index (χ1v) is 17.4. The standard InChI is InChI=1S/C41H56N2/c1-3-4-5-6-7-8-9-10-11-12-13-14-24-31-39(40-42-32-33-43(40)35-37-27-20-16-21-28-37)41(2,38-29-22-17-23-30-38)34-36-25-18-15-19-26-36/h15-23,25-30,32-33,39H,3-14,24,31,34-35H2,1-2H3/p+1. The molecule has 0 bridgehead atoms. The predicted molar refractivity (Wildman–Crippen MR) is 184 cm³/mol. The maximum Gasteiger partial charge on any atom is 0.258 e. The van der Waals surface area contributed by atoms with E-state index in [-0.39, 0.29) is 5.41 Å². The van der Waals surface area contributed by atoms with Crippen molar-refractivity contribution in [3.8, 4) is 0 Å². The Morgan fingerprint density at radius 1 is 0.605 bits per heavy atom. The van der Waals surface area contributed by atoms with E-state index in [1.54, 1.807) is 0 Å². The fraction of sp³-hybridized carbons (Fsp3) is 0.488. The van der Waals surface area contributed by atoms with Crippen LogP contribution in [0.1, 0.15) is 132 Å². The Morgan fingerprint density at radius 3 is 1.65 bits per heavy atom. The van der Waals surface area contributed by atoms with Crippen molar-refractivity contribution in [3.05, 3.63) is 126 Å². The number of H-pyrrole nitrogens is 1. The molecule has 4 rings (SSSR count). The van der Waals surface area contributed by atoms with Crippen molar-refractivity contribution in [1.82, 2.24) is 4.98 Å². The molecule has 0 amide bonds. The third-order valence-corrected chi connectivity index (χ3v) is 9.53. The fourth-order valence-electron chi connectivity index (χ4n) is 6.98. The van der Waals surface area contributed by atoms with Crippen molar-refractivity contribution in [1.29, 1.82) is 0 Å². The summed E-state index contributed by atoms with van der Waals surface area (Å²) in [6.45, 7) is 5.70. The molecule has 43 heavy (non-hydrogen) atoms. The van der Waals surface area contributed by atoms with Crippen LogP contribution in [0.2, 0.25) is 0 Å². The minimum Gasteiger partial charge on any atom is -0.247 e. The molecular formula is C41H57N2+. The summed E-state index contributed by atoms with van der Waals surface area (Å²) >= 11 is 0. The van der Waals surface area contributed by atoms with Gasteiger partial charge in [-0.2, -0.15) is 0 Å². The van der Waals surface area contributed by atoms with E-state index in [1.165, 1.54) is 112 Å². The average molecular weight is 578 g/mol. The minimum atomic E-state index is -0.0387. The number of benzene rings is 3. The number of hydrogen-bond acceptors (Lipinski definition) is 0. The van der Waals surface area contributed by atoms with Crippen LogP contribution in [0.4, 0.5) is 0 Å². The monoisotopic (exact) mass is 577 g/mol. The van der Waals surface area contributed by atoms with E-state index in [0.717, 1.165) is 13.0 Å². The largest absolute Gasteiger partial charge is 0.258 e. The fourth-order valence-corrected chi connectivity index (χ4v) is 6.98. The zero-order chi connectivity index (χ0) is 30.0. The number of rotatable bonds is 21. The SMILES string of the molecule is CCCCCCCCCCCCCCCC(c1[nH]cc[n+]1Cc1ccccc1)C(C)(Cc1ccccc1)c1ccccc1. The van der Waals surface area contributed by atoms with Gasteiger partial charge in [0.05, 0.1) is 5.92 Å². The predicted octanol–water partition coefficient (Wildman–Crippen LogP) is 11.1. The summed E-state index contributed by atoms with van der Waals surface area (Å²) in [5, 5.41) is 0. The Labute approximate surface area is 263 Å². The van der Waals surface area contributed by atoms with Gasteiger partial charge < -0.3 is 0 Å². The van der Waals surface area contributed by atoms with Crippen molar-refractivity contribution in [2.45, 2.75) is 128 Å². The second kappa shape index (κ2) is 18.5. The van der Waals surface area contributed by atoms with Crippen molar-refractivity contribution in [2.24, 2.45) is 0 Å². The lowest BCUT2D eigenvalue weighted by atomic mass is 9.66. The maximum absolute atomic E-state index is 3.75. The minimum absolute atomic E-state index is 0.0387. The van der Waals surface area contributed by atoms with E-state index < -0.39 is 0 Å². The maximum atomic E-state index is 3.75. The number of unbranched alkanes of at least 4 members (excludes halogenated alkanes) is 12. The van der Waals surface area contributed by atoms with Gasteiger partial charge >= 0.3 is 0 Å². The molecule has 2 nitrogen and oxygen atoms in total. The van der Waals surface area contributed by atoms with E-state index in [1.807, 2.05) is 0 Å². The topological polar surface area (TPSA) is 19.7 Å². The normalized spacial score (nSPS) is 13.5. The Hall–Kier alpha value is -3.13. The molecule has 4 aromatic rings. The Bertz CT molecular complexity index is 1250. The molecule has 2 unspecified atom stereocenters. The summed E-state index contributed by atoms with van der Waals surface area (Å²) in [6.07, 6.45) is 24.7. The summed E-state index contributed by atoms with van der Waals surface area (Å²) < 4.78 is 2.47. The van der Waals surface area contributed by atoms with Gasteiger partial charge in [-0.25, -0.2) is 9.55 Å². The van der Waals surface area contributed by atoms with Gasteiger partial charge in [-0.15, -0.1) is 0 Å². The first kappa shape index (κ1) is 32.8. The van der Waals surface area contributed by atoms with Crippen LogP contribution in [-0.4, -0.2) is 4.98 Å². The van der Waals surface area contributed by atoms with Gasteiger partial charge in [0, 0.05) is 5.41 Å². The number of aromatic nitrogens is 2. The molecule has 1 heterocycles. The number of aromatic amines is 1. The van der Waals surface area contributed by atoms with E-state index in [9.17, 15) is 0 Å². The first-order chi connectivity index (χ1) is 21.2. The van der Waals surface area contributed by atoms with Crippen LogP contribution in [0, 0.1) is 0 Å². The highest BCUT2D eigenvalue weighted by Crippen LogP contribution is 2.43. The molecule has 2 heteroatoms. The zero-order valence-electron chi connectivity index (χ0n) is 27.2.